The predicted molar refractivity (Wildman–Crippen MR) is 114 cm³/mol. The number of carbonyl (C=O) groups excluding carboxylic acids is 1. The lowest BCUT2D eigenvalue weighted by atomic mass is 10.1. The molecule has 4 rings (SSSR count). The molecule has 1 amide bonds. The molecule has 2 aromatic carbocycles. The number of hydrogen-bond acceptors (Lipinski definition) is 4. The molecule has 6 nitrogen and oxygen atoms in total. The number of benzene rings is 2. The third-order valence-electron chi connectivity index (χ3n) is 4.86. The van der Waals surface area contributed by atoms with Crippen molar-refractivity contribution in [1.82, 2.24) is 14.5 Å². The van der Waals surface area contributed by atoms with Gasteiger partial charge in [-0.1, -0.05) is 24.3 Å². The number of carbonyl (C=O) groups is 1. The molecule has 6 heteroatoms. The van der Waals surface area contributed by atoms with Crippen molar-refractivity contribution in [2.24, 2.45) is 7.05 Å². The zero-order valence-corrected chi connectivity index (χ0v) is 16.4. The summed E-state index contributed by atoms with van der Waals surface area (Å²) in [5.74, 6) is 1.28. The zero-order valence-electron chi connectivity index (χ0n) is 16.4. The Morgan fingerprint density at radius 1 is 1.10 bits per heavy atom. The van der Waals surface area contributed by atoms with Gasteiger partial charge >= 0.3 is 0 Å². The van der Waals surface area contributed by atoms with Crippen LogP contribution in [0.15, 0.2) is 67.1 Å². The average Bonchev–Trinajstić information content (AvgIpc) is 3.12. The summed E-state index contributed by atoms with van der Waals surface area (Å²) in [4.78, 5) is 21.1. The van der Waals surface area contributed by atoms with E-state index in [2.05, 4.69) is 21.4 Å². The number of methoxy groups -OCH3 is 1. The normalized spacial score (nSPS) is 10.8. The number of pyridine rings is 1. The van der Waals surface area contributed by atoms with Crippen molar-refractivity contribution in [2.75, 3.05) is 12.4 Å². The first-order chi connectivity index (χ1) is 14.1. The van der Waals surface area contributed by atoms with Crippen LogP contribution >= 0.6 is 0 Å². The molecule has 0 spiro atoms. The highest BCUT2D eigenvalue weighted by molar-refractivity contribution is 5.90. The maximum Gasteiger partial charge on any atom is 0.227 e. The summed E-state index contributed by atoms with van der Waals surface area (Å²) in [5, 5.41) is 5.10. The van der Waals surface area contributed by atoms with E-state index in [1.807, 2.05) is 66.5 Å². The van der Waals surface area contributed by atoms with Gasteiger partial charge in [-0.05, 0) is 41.6 Å². The maximum absolute atomic E-state index is 12.4. The van der Waals surface area contributed by atoms with E-state index < -0.39 is 0 Å². The molecule has 0 saturated heterocycles. The van der Waals surface area contributed by atoms with Crippen LogP contribution in [0, 0.1) is 0 Å². The summed E-state index contributed by atoms with van der Waals surface area (Å²) in [6, 6.07) is 15.8. The molecule has 4 aromatic rings. The lowest BCUT2D eigenvalue weighted by Crippen LogP contribution is -2.15. The van der Waals surface area contributed by atoms with Gasteiger partial charge in [-0.3, -0.25) is 15.1 Å². The molecule has 2 heterocycles. The minimum absolute atomic E-state index is 0.0642. The van der Waals surface area contributed by atoms with E-state index >= 15 is 0 Å². The second-order valence-electron chi connectivity index (χ2n) is 6.89. The lowest BCUT2D eigenvalue weighted by molar-refractivity contribution is -0.116. The Bertz CT molecular complexity index is 1150. The van der Waals surface area contributed by atoms with E-state index in [1.54, 1.807) is 13.3 Å². The molecule has 0 unspecified atom stereocenters. The molecular weight excluding hydrogens is 364 g/mol. The number of ether oxygens (including phenoxy) is 1. The predicted octanol–water partition coefficient (Wildman–Crippen LogP) is 4.22. The Hall–Kier alpha value is -3.67. The number of nitrogens with zero attached hydrogens (tertiary/aromatic N) is 3. The van der Waals surface area contributed by atoms with Crippen LogP contribution in [0.5, 0.6) is 5.75 Å². The van der Waals surface area contributed by atoms with Crippen LogP contribution in [0.3, 0.4) is 0 Å². The first-order valence-corrected chi connectivity index (χ1v) is 9.42. The van der Waals surface area contributed by atoms with Crippen LogP contribution in [-0.2, 0) is 18.3 Å². The highest BCUT2D eigenvalue weighted by atomic mass is 16.5. The third-order valence-corrected chi connectivity index (χ3v) is 4.86. The molecule has 1 N–H and O–H groups in total. The van der Waals surface area contributed by atoms with Crippen LogP contribution in [-0.4, -0.2) is 27.6 Å². The fourth-order valence-corrected chi connectivity index (χ4v) is 3.20. The Morgan fingerprint density at radius 2 is 1.93 bits per heavy atom. The number of nitrogens with one attached hydrogen (secondary N) is 1. The molecular formula is C23H22N4O2. The third kappa shape index (κ3) is 4.27. The highest BCUT2D eigenvalue weighted by Gasteiger charge is 2.11. The molecule has 0 saturated carbocycles. The van der Waals surface area contributed by atoms with Crippen LogP contribution in [0.1, 0.15) is 12.0 Å². The second kappa shape index (κ2) is 8.14. The Morgan fingerprint density at radius 3 is 2.72 bits per heavy atom. The van der Waals surface area contributed by atoms with Crippen molar-refractivity contribution in [2.45, 2.75) is 12.8 Å². The van der Waals surface area contributed by atoms with E-state index in [0.29, 0.717) is 18.8 Å². The summed E-state index contributed by atoms with van der Waals surface area (Å²) in [7, 11) is 3.51. The fourth-order valence-electron chi connectivity index (χ4n) is 3.20. The second-order valence-corrected chi connectivity index (χ2v) is 6.89. The number of hydrogen-bond donors (Lipinski definition) is 1. The Balaban J connectivity index is 1.43. The minimum atomic E-state index is -0.0642. The SMILES string of the molecule is COc1ccc(CCC(=O)Nc2nc(-c3ccc4cnccc4c3)cn2C)cc1. The quantitative estimate of drug-likeness (QED) is 0.539. The van der Waals surface area contributed by atoms with Gasteiger partial charge in [0.25, 0.3) is 0 Å². The smallest absolute Gasteiger partial charge is 0.227 e. The van der Waals surface area contributed by atoms with E-state index in [0.717, 1.165) is 33.3 Å². The molecule has 0 aliphatic heterocycles. The van der Waals surface area contributed by atoms with Gasteiger partial charge in [0.15, 0.2) is 0 Å². The zero-order chi connectivity index (χ0) is 20.2. The number of fused-ring (bicyclic) bond motifs is 1. The summed E-state index contributed by atoms with van der Waals surface area (Å²) < 4.78 is 6.99. The minimum Gasteiger partial charge on any atom is -0.497 e. The van der Waals surface area contributed by atoms with Gasteiger partial charge in [-0.25, -0.2) is 4.98 Å². The Labute approximate surface area is 169 Å². The lowest BCUT2D eigenvalue weighted by Gasteiger charge is -2.05. The van der Waals surface area contributed by atoms with Gasteiger partial charge in [0, 0.05) is 43.0 Å². The van der Waals surface area contributed by atoms with Crippen LogP contribution in [0.25, 0.3) is 22.0 Å². The summed E-state index contributed by atoms with van der Waals surface area (Å²) in [5.41, 5.74) is 2.90. The van der Waals surface area contributed by atoms with Crippen LogP contribution in [0.4, 0.5) is 5.95 Å². The number of anilines is 1. The molecule has 29 heavy (non-hydrogen) atoms. The Kier molecular flexibility index (Phi) is 5.24. The maximum atomic E-state index is 12.4. The van der Waals surface area contributed by atoms with Crippen molar-refractivity contribution in [3.8, 4) is 17.0 Å². The van der Waals surface area contributed by atoms with Gasteiger partial charge in [-0.15, -0.1) is 0 Å². The standard InChI is InChI=1S/C23H22N4O2/c1-27-15-21(18-6-7-19-14-24-12-11-17(19)13-18)25-23(27)26-22(28)10-5-16-3-8-20(29-2)9-4-16/h3-4,6-9,11-15H,5,10H2,1-2H3,(H,25,26,28). The van der Waals surface area contributed by atoms with Crippen LogP contribution < -0.4 is 10.1 Å². The number of aromatic nitrogens is 3. The summed E-state index contributed by atoms with van der Waals surface area (Å²) in [6.45, 7) is 0. The van der Waals surface area contributed by atoms with Gasteiger partial charge in [0.1, 0.15) is 5.75 Å². The first kappa shape index (κ1) is 18.7. The van der Waals surface area contributed by atoms with E-state index in [1.165, 1.54) is 0 Å². The molecule has 0 fully saturated rings. The number of imidazole rings is 1. The van der Waals surface area contributed by atoms with Crippen LogP contribution in [0.2, 0.25) is 0 Å². The molecule has 0 aliphatic carbocycles. The molecule has 0 aliphatic rings. The van der Waals surface area contributed by atoms with Crippen molar-refractivity contribution in [3.05, 3.63) is 72.7 Å². The molecule has 0 atom stereocenters. The van der Waals surface area contributed by atoms with E-state index in [-0.39, 0.29) is 5.91 Å². The molecule has 0 radical (unpaired) electrons. The number of amides is 1. The number of rotatable bonds is 6. The van der Waals surface area contributed by atoms with Gasteiger partial charge in [0.2, 0.25) is 11.9 Å². The molecule has 0 bridgehead atoms. The van der Waals surface area contributed by atoms with Crippen molar-refractivity contribution in [1.29, 1.82) is 0 Å². The topological polar surface area (TPSA) is 69.0 Å². The highest BCUT2D eigenvalue weighted by Crippen LogP contribution is 2.24. The first-order valence-electron chi connectivity index (χ1n) is 9.42. The van der Waals surface area contributed by atoms with E-state index in [4.69, 9.17) is 4.74 Å². The van der Waals surface area contributed by atoms with Crippen molar-refractivity contribution in [3.63, 3.8) is 0 Å². The number of aryl methyl sites for hydroxylation is 2. The fraction of sp³-hybridized carbons (Fsp3) is 0.174. The summed E-state index contributed by atoms with van der Waals surface area (Å²) in [6.07, 6.45) is 6.58. The van der Waals surface area contributed by atoms with Gasteiger partial charge in [0.05, 0.1) is 12.8 Å². The molecule has 146 valence electrons. The van der Waals surface area contributed by atoms with Gasteiger partial charge in [-0.2, -0.15) is 0 Å². The van der Waals surface area contributed by atoms with Gasteiger partial charge < -0.3 is 9.30 Å². The largest absolute Gasteiger partial charge is 0.497 e. The summed E-state index contributed by atoms with van der Waals surface area (Å²) >= 11 is 0. The molecule has 2 aromatic heterocycles. The average molecular weight is 386 g/mol. The van der Waals surface area contributed by atoms with Crippen molar-refractivity contribution >= 4 is 22.6 Å². The van der Waals surface area contributed by atoms with E-state index in [9.17, 15) is 4.79 Å². The monoisotopic (exact) mass is 386 g/mol. The van der Waals surface area contributed by atoms with Crippen molar-refractivity contribution < 1.29 is 9.53 Å².